The van der Waals surface area contributed by atoms with Crippen molar-refractivity contribution in [1.29, 1.82) is 0 Å². The zero-order valence-electron chi connectivity index (χ0n) is 12.7. The summed E-state index contributed by atoms with van der Waals surface area (Å²) in [6.45, 7) is 3.02. The number of halogens is 2. The molecule has 0 radical (unpaired) electrons. The highest BCUT2D eigenvalue weighted by molar-refractivity contribution is 6.35. The van der Waals surface area contributed by atoms with Crippen molar-refractivity contribution in [2.75, 3.05) is 19.8 Å². The SMILES string of the molecule is CC1(CO)COC(Cn2ccnc2)(c2ccc(Cl)cc2Cl)OC1. The summed E-state index contributed by atoms with van der Waals surface area (Å²) in [5, 5.41) is 10.5. The van der Waals surface area contributed by atoms with Crippen LogP contribution in [0.25, 0.3) is 0 Å². The fraction of sp³-hybridized carbons (Fsp3) is 0.438. The van der Waals surface area contributed by atoms with Gasteiger partial charge in [0, 0.05) is 28.4 Å². The van der Waals surface area contributed by atoms with E-state index in [1.54, 1.807) is 24.7 Å². The fourth-order valence-electron chi connectivity index (χ4n) is 2.51. The smallest absolute Gasteiger partial charge is 0.215 e. The molecule has 23 heavy (non-hydrogen) atoms. The quantitative estimate of drug-likeness (QED) is 0.914. The molecule has 7 heteroatoms. The van der Waals surface area contributed by atoms with Gasteiger partial charge in [0.25, 0.3) is 0 Å². The monoisotopic (exact) mass is 356 g/mol. The first-order valence-corrected chi connectivity index (χ1v) is 8.02. The van der Waals surface area contributed by atoms with Gasteiger partial charge >= 0.3 is 0 Å². The van der Waals surface area contributed by atoms with Crippen LogP contribution in [0.15, 0.2) is 36.9 Å². The molecule has 1 aliphatic heterocycles. The molecule has 124 valence electrons. The second-order valence-electron chi connectivity index (χ2n) is 6.16. The number of hydrogen-bond acceptors (Lipinski definition) is 4. The summed E-state index contributed by atoms with van der Waals surface area (Å²) in [6.07, 6.45) is 5.22. The van der Waals surface area contributed by atoms with E-state index in [1.807, 2.05) is 23.8 Å². The van der Waals surface area contributed by atoms with E-state index in [0.717, 1.165) is 0 Å². The van der Waals surface area contributed by atoms with E-state index < -0.39 is 11.2 Å². The molecule has 1 saturated heterocycles. The topological polar surface area (TPSA) is 56.5 Å². The summed E-state index contributed by atoms with van der Waals surface area (Å²) in [5.74, 6) is -1.04. The van der Waals surface area contributed by atoms with Crippen molar-refractivity contribution in [2.45, 2.75) is 19.3 Å². The summed E-state index contributed by atoms with van der Waals surface area (Å²) in [4.78, 5) is 4.05. The second kappa shape index (κ2) is 6.42. The lowest BCUT2D eigenvalue weighted by Crippen LogP contribution is -2.50. The van der Waals surface area contributed by atoms with Gasteiger partial charge in [-0.25, -0.2) is 4.98 Å². The fourth-order valence-corrected chi connectivity index (χ4v) is 3.06. The molecule has 0 bridgehead atoms. The van der Waals surface area contributed by atoms with E-state index in [4.69, 9.17) is 32.7 Å². The van der Waals surface area contributed by atoms with E-state index in [0.29, 0.717) is 35.4 Å². The molecule has 1 aromatic heterocycles. The van der Waals surface area contributed by atoms with Crippen LogP contribution in [-0.4, -0.2) is 34.5 Å². The number of benzene rings is 1. The van der Waals surface area contributed by atoms with Crippen LogP contribution >= 0.6 is 23.2 Å². The Morgan fingerprint density at radius 1 is 1.30 bits per heavy atom. The molecule has 0 saturated carbocycles. The number of imidazole rings is 1. The minimum Gasteiger partial charge on any atom is -0.396 e. The van der Waals surface area contributed by atoms with Crippen LogP contribution in [0, 0.1) is 5.41 Å². The summed E-state index contributed by atoms with van der Waals surface area (Å²) >= 11 is 12.4. The molecule has 1 N–H and O–H groups in total. The number of rotatable bonds is 4. The minimum absolute atomic E-state index is 0.0114. The number of nitrogens with zero attached hydrogens (tertiary/aromatic N) is 2. The van der Waals surface area contributed by atoms with Gasteiger partial charge in [-0.2, -0.15) is 0 Å². The number of ether oxygens (including phenoxy) is 2. The van der Waals surface area contributed by atoms with Crippen LogP contribution in [0.1, 0.15) is 12.5 Å². The summed E-state index contributed by atoms with van der Waals surface area (Å²) < 4.78 is 14.1. The third-order valence-corrected chi connectivity index (χ3v) is 4.53. The normalized spacial score (nSPS) is 28.0. The Morgan fingerprint density at radius 2 is 2.04 bits per heavy atom. The number of aliphatic hydroxyl groups is 1. The van der Waals surface area contributed by atoms with Gasteiger partial charge in [0.1, 0.15) is 0 Å². The van der Waals surface area contributed by atoms with Crippen molar-refractivity contribution < 1.29 is 14.6 Å². The maximum absolute atomic E-state index is 9.52. The van der Waals surface area contributed by atoms with Crippen LogP contribution in [-0.2, 0) is 21.8 Å². The predicted molar refractivity (Wildman–Crippen MR) is 87.5 cm³/mol. The van der Waals surface area contributed by atoms with Gasteiger partial charge < -0.3 is 19.1 Å². The number of aliphatic hydroxyl groups excluding tert-OH is 1. The van der Waals surface area contributed by atoms with E-state index in [-0.39, 0.29) is 6.61 Å². The zero-order chi connectivity index (χ0) is 16.5. The van der Waals surface area contributed by atoms with Gasteiger partial charge in [0.05, 0.1) is 37.7 Å². The average Bonchev–Trinajstić information content (AvgIpc) is 3.03. The standard InChI is InChI=1S/C16H18Cl2N2O3/c1-15(8-21)9-22-16(23-10-15,7-20-5-4-19-11-20)13-3-2-12(17)6-14(13)18/h2-6,11,21H,7-10H2,1H3. The van der Waals surface area contributed by atoms with Gasteiger partial charge in [0.2, 0.25) is 5.79 Å². The van der Waals surface area contributed by atoms with E-state index >= 15 is 0 Å². The highest BCUT2D eigenvalue weighted by Crippen LogP contribution is 2.41. The lowest BCUT2D eigenvalue weighted by atomic mass is 9.91. The Morgan fingerprint density at radius 3 is 2.61 bits per heavy atom. The number of aromatic nitrogens is 2. The van der Waals surface area contributed by atoms with Crippen LogP contribution in [0.5, 0.6) is 0 Å². The summed E-state index contributed by atoms with van der Waals surface area (Å²) in [5.41, 5.74) is 0.273. The second-order valence-corrected chi connectivity index (χ2v) is 7.00. The first-order valence-electron chi connectivity index (χ1n) is 7.26. The van der Waals surface area contributed by atoms with Crippen LogP contribution in [0.3, 0.4) is 0 Å². The molecular weight excluding hydrogens is 339 g/mol. The van der Waals surface area contributed by atoms with Crippen molar-refractivity contribution in [3.63, 3.8) is 0 Å². The van der Waals surface area contributed by atoms with E-state index in [2.05, 4.69) is 4.98 Å². The molecule has 0 atom stereocenters. The van der Waals surface area contributed by atoms with Crippen molar-refractivity contribution in [3.05, 3.63) is 52.5 Å². The Labute approximate surface area is 144 Å². The molecule has 5 nitrogen and oxygen atoms in total. The van der Waals surface area contributed by atoms with Gasteiger partial charge in [0.15, 0.2) is 0 Å². The first kappa shape index (κ1) is 16.7. The molecule has 2 heterocycles. The molecule has 0 spiro atoms. The molecule has 0 amide bonds. The minimum atomic E-state index is -1.04. The Hall–Kier alpha value is -1.11. The first-order chi connectivity index (χ1) is 11.0. The molecule has 0 aliphatic carbocycles. The van der Waals surface area contributed by atoms with Crippen molar-refractivity contribution >= 4 is 23.2 Å². The largest absolute Gasteiger partial charge is 0.396 e. The predicted octanol–water partition coefficient (Wildman–Crippen LogP) is 3.09. The Bertz CT molecular complexity index is 668. The summed E-state index contributed by atoms with van der Waals surface area (Å²) in [6, 6.07) is 5.23. The van der Waals surface area contributed by atoms with Gasteiger partial charge in [-0.1, -0.05) is 36.2 Å². The Balaban J connectivity index is 1.97. The maximum atomic E-state index is 9.52. The van der Waals surface area contributed by atoms with Crippen molar-refractivity contribution in [2.24, 2.45) is 5.41 Å². The molecule has 1 aliphatic rings. The highest BCUT2D eigenvalue weighted by atomic mass is 35.5. The third-order valence-electron chi connectivity index (χ3n) is 3.98. The molecule has 0 unspecified atom stereocenters. The van der Waals surface area contributed by atoms with Gasteiger partial charge in [-0.3, -0.25) is 0 Å². The van der Waals surface area contributed by atoms with Gasteiger partial charge in [-0.15, -0.1) is 0 Å². The number of hydrogen-bond donors (Lipinski definition) is 1. The summed E-state index contributed by atoms with van der Waals surface area (Å²) in [7, 11) is 0. The molecule has 2 aromatic rings. The highest BCUT2D eigenvalue weighted by Gasteiger charge is 2.45. The third kappa shape index (κ3) is 3.39. The van der Waals surface area contributed by atoms with Crippen LogP contribution in [0.2, 0.25) is 10.0 Å². The lowest BCUT2D eigenvalue weighted by molar-refractivity contribution is -0.320. The molecule has 1 fully saturated rings. The maximum Gasteiger partial charge on any atom is 0.215 e. The van der Waals surface area contributed by atoms with Crippen LogP contribution < -0.4 is 0 Å². The van der Waals surface area contributed by atoms with E-state index in [1.165, 1.54) is 0 Å². The molecule has 3 rings (SSSR count). The average molecular weight is 357 g/mol. The van der Waals surface area contributed by atoms with Crippen LogP contribution in [0.4, 0.5) is 0 Å². The van der Waals surface area contributed by atoms with E-state index in [9.17, 15) is 5.11 Å². The molecular formula is C16H18Cl2N2O3. The van der Waals surface area contributed by atoms with Crippen molar-refractivity contribution in [1.82, 2.24) is 9.55 Å². The Kier molecular flexibility index (Phi) is 4.67. The van der Waals surface area contributed by atoms with Crippen molar-refractivity contribution in [3.8, 4) is 0 Å². The zero-order valence-corrected chi connectivity index (χ0v) is 14.2. The lowest BCUT2D eigenvalue weighted by Gasteiger charge is -2.44. The molecule has 1 aromatic carbocycles. The van der Waals surface area contributed by atoms with Gasteiger partial charge in [-0.05, 0) is 12.1 Å².